The van der Waals surface area contributed by atoms with Gasteiger partial charge in [0.1, 0.15) is 0 Å². The Kier molecular flexibility index (Phi) is 3.02. The fourth-order valence-corrected chi connectivity index (χ4v) is 1.06. The molecule has 13 heavy (non-hydrogen) atoms. The maximum atomic E-state index is 13.2. The molecule has 0 spiro atoms. The molecule has 0 aromatic heterocycles. The van der Waals surface area contributed by atoms with Crippen LogP contribution in [0.5, 0.6) is 0 Å². The Morgan fingerprint density at radius 2 is 1.85 bits per heavy atom. The summed E-state index contributed by atoms with van der Waals surface area (Å²) in [6.07, 6.45) is 4.75. The summed E-state index contributed by atoms with van der Waals surface area (Å²) in [5, 5.41) is 0. The Hall–Kier alpha value is -1.36. The minimum Gasteiger partial charge on any atom is -0.201 e. The average molecular weight is 180 g/mol. The van der Waals surface area contributed by atoms with Crippen LogP contribution in [0.1, 0.15) is 18.4 Å². The fourth-order valence-electron chi connectivity index (χ4n) is 1.06. The molecule has 0 saturated heterocycles. The molecule has 0 aliphatic rings. The molecule has 0 radical (unpaired) electrons. The van der Waals surface area contributed by atoms with Gasteiger partial charge in [-0.05, 0) is 0 Å². The lowest BCUT2D eigenvalue weighted by molar-refractivity contribution is -0.0118. The monoisotopic (exact) mass is 180 g/mol. The van der Waals surface area contributed by atoms with Crippen molar-refractivity contribution < 1.29 is 8.78 Å². The van der Waals surface area contributed by atoms with Gasteiger partial charge in [-0.1, -0.05) is 30.3 Å². The molecule has 1 rings (SSSR count). The minimum absolute atomic E-state index is 0.0326. The van der Waals surface area contributed by atoms with Crippen LogP contribution >= 0.6 is 0 Å². The van der Waals surface area contributed by atoms with Crippen LogP contribution in [-0.4, -0.2) is 0 Å². The van der Waals surface area contributed by atoms with Crippen LogP contribution in [0.15, 0.2) is 30.3 Å². The van der Waals surface area contributed by atoms with Crippen LogP contribution in [0.3, 0.4) is 0 Å². The molecule has 0 unspecified atom stereocenters. The molecular formula is C11H10F2. The number of benzene rings is 1. The zero-order valence-corrected chi connectivity index (χ0v) is 7.13. The molecule has 0 aliphatic carbocycles. The zero-order chi connectivity index (χ0) is 9.73. The van der Waals surface area contributed by atoms with Crippen molar-refractivity contribution in [2.24, 2.45) is 0 Å². The lowest BCUT2D eigenvalue weighted by Gasteiger charge is -2.14. The summed E-state index contributed by atoms with van der Waals surface area (Å²) in [7, 11) is 0. The molecule has 0 bridgehead atoms. The quantitative estimate of drug-likeness (QED) is 0.626. The first-order chi connectivity index (χ1) is 6.17. The summed E-state index contributed by atoms with van der Waals surface area (Å²) in [5.74, 6) is -0.584. The van der Waals surface area contributed by atoms with E-state index in [9.17, 15) is 8.78 Å². The maximum absolute atomic E-state index is 13.2. The Labute approximate surface area is 76.6 Å². The smallest absolute Gasteiger partial charge is 0.201 e. The Balaban J connectivity index is 2.76. The molecule has 0 fully saturated rings. The van der Waals surface area contributed by atoms with Gasteiger partial charge in [-0.15, -0.1) is 12.3 Å². The van der Waals surface area contributed by atoms with E-state index >= 15 is 0 Å². The van der Waals surface area contributed by atoms with E-state index in [1.807, 2.05) is 0 Å². The van der Waals surface area contributed by atoms with E-state index in [0.717, 1.165) is 0 Å². The third-order valence-corrected chi connectivity index (χ3v) is 1.78. The molecule has 1 aromatic rings. The van der Waals surface area contributed by atoms with Gasteiger partial charge in [0.05, 0.1) is 0 Å². The van der Waals surface area contributed by atoms with Crippen LogP contribution < -0.4 is 0 Å². The largest absolute Gasteiger partial charge is 0.274 e. The van der Waals surface area contributed by atoms with Crippen molar-refractivity contribution >= 4 is 0 Å². The number of terminal acetylenes is 1. The number of hydrogen-bond acceptors (Lipinski definition) is 0. The summed E-state index contributed by atoms with van der Waals surface area (Å²) in [4.78, 5) is 0. The van der Waals surface area contributed by atoms with Crippen molar-refractivity contribution in [3.05, 3.63) is 35.9 Å². The first-order valence-corrected chi connectivity index (χ1v) is 4.03. The van der Waals surface area contributed by atoms with E-state index in [4.69, 9.17) is 6.42 Å². The van der Waals surface area contributed by atoms with Crippen molar-refractivity contribution in [3.8, 4) is 12.3 Å². The standard InChI is InChI=1S/C11H10F2/c1-2-3-9-11(12,13)10-7-5-4-6-8-10/h1,4-8H,3,9H2. The second-order valence-corrected chi connectivity index (χ2v) is 2.77. The minimum atomic E-state index is -2.80. The molecule has 68 valence electrons. The van der Waals surface area contributed by atoms with E-state index in [0.29, 0.717) is 0 Å². The normalized spacial score (nSPS) is 10.8. The summed E-state index contributed by atoms with van der Waals surface area (Å²) < 4.78 is 26.5. The van der Waals surface area contributed by atoms with Gasteiger partial charge in [-0.3, -0.25) is 0 Å². The molecule has 0 nitrogen and oxygen atoms in total. The van der Waals surface area contributed by atoms with Crippen molar-refractivity contribution in [2.45, 2.75) is 18.8 Å². The van der Waals surface area contributed by atoms with Crippen LogP contribution in [0.25, 0.3) is 0 Å². The van der Waals surface area contributed by atoms with Gasteiger partial charge in [0, 0.05) is 18.4 Å². The molecule has 0 aliphatic heterocycles. The highest BCUT2D eigenvalue weighted by molar-refractivity contribution is 5.20. The maximum Gasteiger partial charge on any atom is 0.274 e. The molecule has 0 atom stereocenters. The van der Waals surface area contributed by atoms with E-state index in [-0.39, 0.29) is 18.4 Å². The predicted molar refractivity (Wildman–Crippen MR) is 48.4 cm³/mol. The van der Waals surface area contributed by atoms with Crippen LogP contribution in [-0.2, 0) is 5.92 Å². The first kappa shape index (κ1) is 9.73. The second-order valence-electron chi connectivity index (χ2n) is 2.77. The topological polar surface area (TPSA) is 0 Å². The van der Waals surface area contributed by atoms with Crippen LogP contribution in [0.4, 0.5) is 8.78 Å². The highest BCUT2D eigenvalue weighted by atomic mass is 19.3. The average Bonchev–Trinajstić information content (AvgIpc) is 2.16. The summed E-state index contributed by atoms with van der Waals surface area (Å²) in [6, 6.07) is 7.73. The summed E-state index contributed by atoms with van der Waals surface area (Å²) >= 11 is 0. The van der Waals surface area contributed by atoms with Gasteiger partial charge < -0.3 is 0 Å². The lowest BCUT2D eigenvalue weighted by atomic mass is 10.0. The van der Waals surface area contributed by atoms with Crippen molar-refractivity contribution in [1.82, 2.24) is 0 Å². The van der Waals surface area contributed by atoms with E-state index in [1.54, 1.807) is 18.2 Å². The molecule has 0 heterocycles. The van der Waals surface area contributed by atoms with Crippen molar-refractivity contribution in [1.29, 1.82) is 0 Å². The molecule has 1 aromatic carbocycles. The number of halogens is 2. The highest BCUT2D eigenvalue weighted by Crippen LogP contribution is 2.32. The lowest BCUT2D eigenvalue weighted by Crippen LogP contribution is -2.12. The number of rotatable bonds is 3. The summed E-state index contributed by atoms with van der Waals surface area (Å²) in [6.45, 7) is 0. The SMILES string of the molecule is C#CCCC(F)(F)c1ccccc1. The highest BCUT2D eigenvalue weighted by Gasteiger charge is 2.29. The molecule has 0 N–H and O–H groups in total. The number of alkyl halides is 2. The molecule has 2 heteroatoms. The van der Waals surface area contributed by atoms with E-state index < -0.39 is 5.92 Å². The third kappa shape index (κ3) is 2.55. The van der Waals surface area contributed by atoms with Crippen molar-refractivity contribution in [2.75, 3.05) is 0 Å². The van der Waals surface area contributed by atoms with Gasteiger partial charge in [-0.2, -0.15) is 0 Å². The zero-order valence-electron chi connectivity index (χ0n) is 7.13. The number of hydrogen-bond donors (Lipinski definition) is 0. The summed E-state index contributed by atoms with van der Waals surface area (Å²) in [5.41, 5.74) is 0.0326. The van der Waals surface area contributed by atoms with Crippen molar-refractivity contribution in [3.63, 3.8) is 0 Å². The van der Waals surface area contributed by atoms with Crippen LogP contribution in [0.2, 0.25) is 0 Å². The Morgan fingerprint density at radius 3 is 2.38 bits per heavy atom. The van der Waals surface area contributed by atoms with Crippen LogP contribution in [0, 0.1) is 12.3 Å². The Morgan fingerprint density at radius 1 is 1.23 bits per heavy atom. The van der Waals surface area contributed by atoms with Gasteiger partial charge in [-0.25, -0.2) is 8.78 Å². The Bertz CT molecular complexity index is 296. The second kappa shape index (κ2) is 4.04. The van der Waals surface area contributed by atoms with E-state index in [1.165, 1.54) is 12.1 Å². The van der Waals surface area contributed by atoms with Gasteiger partial charge in [0.15, 0.2) is 0 Å². The molecular weight excluding hydrogens is 170 g/mol. The van der Waals surface area contributed by atoms with Gasteiger partial charge in [0.2, 0.25) is 0 Å². The van der Waals surface area contributed by atoms with Gasteiger partial charge >= 0.3 is 0 Å². The van der Waals surface area contributed by atoms with Gasteiger partial charge in [0.25, 0.3) is 5.92 Å². The fraction of sp³-hybridized carbons (Fsp3) is 0.273. The molecule has 0 amide bonds. The van der Waals surface area contributed by atoms with E-state index in [2.05, 4.69) is 5.92 Å². The first-order valence-electron chi connectivity index (χ1n) is 4.03. The third-order valence-electron chi connectivity index (χ3n) is 1.78. The molecule has 0 saturated carbocycles. The predicted octanol–water partition coefficient (Wildman–Crippen LogP) is 3.19.